The van der Waals surface area contributed by atoms with Gasteiger partial charge >= 0.3 is 5.97 Å². The molecule has 0 bridgehead atoms. The second kappa shape index (κ2) is 7.56. The Balaban J connectivity index is 1.71. The standard InChI is InChI=1S/C18H16N4O4/c1-12(23)14-5-8-17(25-2)15(9-14)10-26-18(24)13-3-6-16(7-4-13)22-11-19-20-21-22/h3-9,11H,10H2,1-2H3. The third-order valence-electron chi connectivity index (χ3n) is 3.76. The number of hydrogen-bond acceptors (Lipinski definition) is 7. The molecule has 132 valence electrons. The molecule has 8 nitrogen and oxygen atoms in total. The molecule has 8 heteroatoms. The van der Waals surface area contributed by atoms with Crippen molar-refractivity contribution >= 4 is 11.8 Å². The van der Waals surface area contributed by atoms with E-state index in [4.69, 9.17) is 9.47 Å². The summed E-state index contributed by atoms with van der Waals surface area (Å²) in [5.41, 5.74) is 2.27. The van der Waals surface area contributed by atoms with Crippen molar-refractivity contribution in [2.24, 2.45) is 0 Å². The molecule has 0 spiro atoms. The van der Waals surface area contributed by atoms with E-state index in [0.29, 0.717) is 22.4 Å². The molecule has 0 atom stereocenters. The van der Waals surface area contributed by atoms with Crippen LogP contribution in [0.4, 0.5) is 0 Å². The molecular formula is C18H16N4O4. The number of tetrazole rings is 1. The van der Waals surface area contributed by atoms with E-state index < -0.39 is 5.97 Å². The van der Waals surface area contributed by atoms with Gasteiger partial charge < -0.3 is 9.47 Å². The molecule has 1 aromatic heterocycles. The minimum absolute atomic E-state index is 0.00211. The Morgan fingerprint density at radius 3 is 2.42 bits per heavy atom. The van der Waals surface area contributed by atoms with E-state index in [1.54, 1.807) is 42.5 Å². The first-order chi connectivity index (χ1) is 12.6. The molecule has 1 heterocycles. The van der Waals surface area contributed by atoms with Gasteiger partial charge in [0.25, 0.3) is 0 Å². The van der Waals surface area contributed by atoms with Crippen LogP contribution in [0.1, 0.15) is 33.2 Å². The molecule has 0 aliphatic heterocycles. The molecule has 0 saturated heterocycles. The summed E-state index contributed by atoms with van der Waals surface area (Å²) < 4.78 is 12.1. The maximum Gasteiger partial charge on any atom is 0.338 e. The molecule has 26 heavy (non-hydrogen) atoms. The van der Waals surface area contributed by atoms with Crippen LogP contribution in [0, 0.1) is 0 Å². The summed E-state index contributed by atoms with van der Waals surface area (Å²) in [6.07, 6.45) is 1.46. The highest BCUT2D eigenvalue weighted by Gasteiger charge is 2.12. The highest BCUT2D eigenvalue weighted by molar-refractivity contribution is 5.94. The summed E-state index contributed by atoms with van der Waals surface area (Å²) in [5, 5.41) is 10.9. The van der Waals surface area contributed by atoms with Gasteiger partial charge in [0.05, 0.1) is 18.4 Å². The molecule has 0 amide bonds. The Labute approximate surface area is 149 Å². The Morgan fingerprint density at radius 2 is 1.81 bits per heavy atom. The van der Waals surface area contributed by atoms with Crippen molar-refractivity contribution in [1.82, 2.24) is 20.2 Å². The fraction of sp³-hybridized carbons (Fsp3) is 0.167. The Morgan fingerprint density at radius 1 is 1.08 bits per heavy atom. The molecular weight excluding hydrogens is 336 g/mol. The lowest BCUT2D eigenvalue weighted by Crippen LogP contribution is -2.07. The summed E-state index contributed by atoms with van der Waals surface area (Å²) >= 11 is 0. The van der Waals surface area contributed by atoms with Crippen molar-refractivity contribution in [2.75, 3.05) is 7.11 Å². The van der Waals surface area contributed by atoms with Gasteiger partial charge in [0.2, 0.25) is 0 Å². The maximum atomic E-state index is 12.3. The molecule has 0 aliphatic rings. The molecule has 0 aliphatic carbocycles. The number of hydrogen-bond donors (Lipinski definition) is 0. The number of benzene rings is 2. The zero-order chi connectivity index (χ0) is 18.5. The minimum Gasteiger partial charge on any atom is -0.496 e. The molecule has 0 radical (unpaired) electrons. The number of aromatic nitrogens is 4. The summed E-state index contributed by atoms with van der Waals surface area (Å²) in [7, 11) is 1.52. The fourth-order valence-electron chi connectivity index (χ4n) is 2.37. The Kier molecular flexibility index (Phi) is 5.02. The first-order valence-corrected chi connectivity index (χ1v) is 7.77. The monoisotopic (exact) mass is 352 g/mol. The highest BCUT2D eigenvalue weighted by Crippen LogP contribution is 2.22. The van der Waals surface area contributed by atoms with Gasteiger partial charge in [-0.1, -0.05) is 0 Å². The van der Waals surface area contributed by atoms with Gasteiger partial charge in [-0.25, -0.2) is 9.48 Å². The number of rotatable bonds is 6. The lowest BCUT2D eigenvalue weighted by molar-refractivity contribution is 0.0470. The third-order valence-corrected chi connectivity index (χ3v) is 3.76. The van der Waals surface area contributed by atoms with Crippen molar-refractivity contribution in [3.63, 3.8) is 0 Å². The number of carbonyl (C=O) groups is 2. The van der Waals surface area contributed by atoms with E-state index in [1.807, 2.05) is 0 Å². The second-order valence-electron chi connectivity index (χ2n) is 5.46. The number of ether oxygens (including phenoxy) is 2. The van der Waals surface area contributed by atoms with Gasteiger partial charge in [-0.15, -0.1) is 5.10 Å². The lowest BCUT2D eigenvalue weighted by Gasteiger charge is -2.11. The fourth-order valence-corrected chi connectivity index (χ4v) is 2.37. The van der Waals surface area contributed by atoms with Gasteiger partial charge in [0, 0.05) is 11.1 Å². The van der Waals surface area contributed by atoms with Crippen molar-refractivity contribution in [3.05, 3.63) is 65.5 Å². The molecule has 2 aromatic carbocycles. The number of Topliss-reactive ketones (excluding diaryl/α,β-unsaturated/α-hetero) is 1. The van der Waals surface area contributed by atoms with Crippen molar-refractivity contribution in [2.45, 2.75) is 13.5 Å². The van der Waals surface area contributed by atoms with E-state index in [2.05, 4.69) is 15.5 Å². The summed E-state index contributed by atoms with van der Waals surface area (Å²) in [4.78, 5) is 23.8. The van der Waals surface area contributed by atoms with Crippen molar-refractivity contribution in [1.29, 1.82) is 0 Å². The van der Waals surface area contributed by atoms with Crippen LogP contribution in [0.25, 0.3) is 5.69 Å². The molecule has 0 unspecified atom stereocenters. The Bertz CT molecular complexity index is 921. The first-order valence-electron chi connectivity index (χ1n) is 7.77. The number of nitrogens with zero attached hydrogens (tertiary/aromatic N) is 4. The van der Waals surface area contributed by atoms with Crippen molar-refractivity contribution < 1.29 is 19.1 Å². The van der Waals surface area contributed by atoms with E-state index in [9.17, 15) is 9.59 Å². The number of ketones is 1. The van der Waals surface area contributed by atoms with Gasteiger partial charge in [-0.3, -0.25) is 4.79 Å². The normalized spacial score (nSPS) is 10.4. The van der Waals surface area contributed by atoms with Crippen LogP contribution in [0.3, 0.4) is 0 Å². The molecule has 0 N–H and O–H groups in total. The molecule has 3 aromatic rings. The summed E-state index contributed by atoms with van der Waals surface area (Å²) in [6, 6.07) is 11.7. The van der Waals surface area contributed by atoms with Crippen LogP contribution in [0.5, 0.6) is 5.75 Å². The zero-order valence-corrected chi connectivity index (χ0v) is 14.2. The summed E-state index contributed by atoms with van der Waals surface area (Å²) in [6.45, 7) is 1.47. The predicted octanol–water partition coefficient (Wildman–Crippen LogP) is 2.23. The van der Waals surface area contributed by atoms with Crippen molar-refractivity contribution in [3.8, 4) is 11.4 Å². The average molecular weight is 352 g/mol. The Hall–Kier alpha value is -3.55. The average Bonchev–Trinajstić information content (AvgIpc) is 3.20. The number of methoxy groups -OCH3 is 1. The summed E-state index contributed by atoms with van der Waals surface area (Å²) in [5.74, 6) is -0.00111. The van der Waals surface area contributed by atoms with Gasteiger partial charge in [-0.2, -0.15) is 0 Å². The maximum absolute atomic E-state index is 12.3. The smallest absolute Gasteiger partial charge is 0.338 e. The van der Waals surface area contributed by atoms with Gasteiger partial charge in [-0.05, 0) is 59.8 Å². The van der Waals surface area contributed by atoms with Crippen LogP contribution in [-0.4, -0.2) is 39.1 Å². The topological polar surface area (TPSA) is 96.2 Å². The second-order valence-corrected chi connectivity index (χ2v) is 5.46. The molecule has 0 saturated carbocycles. The third kappa shape index (κ3) is 3.75. The van der Waals surface area contributed by atoms with Crippen LogP contribution < -0.4 is 4.74 Å². The number of esters is 1. The molecule has 3 rings (SSSR count). The van der Waals surface area contributed by atoms with E-state index in [0.717, 1.165) is 5.69 Å². The van der Waals surface area contributed by atoms with Crippen LogP contribution >= 0.6 is 0 Å². The van der Waals surface area contributed by atoms with Gasteiger partial charge in [0.15, 0.2) is 5.78 Å². The van der Waals surface area contributed by atoms with Crippen LogP contribution in [0.15, 0.2) is 48.8 Å². The van der Waals surface area contributed by atoms with E-state index in [1.165, 1.54) is 25.0 Å². The quantitative estimate of drug-likeness (QED) is 0.496. The predicted molar refractivity (Wildman–Crippen MR) is 91.3 cm³/mol. The largest absolute Gasteiger partial charge is 0.496 e. The molecule has 0 fully saturated rings. The highest BCUT2D eigenvalue weighted by atomic mass is 16.5. The van der Waals surface area contributed by atoms with E-state index >= 15 is 0 Å². The zero-order valence-electron chi connectivity index (χ0n) is 14.2. The minimum atomic E-state index is -0.483. The number of carbonyl (C=O) groups excluding carboxylic acids is 2. The van der Waals surface area contributed by atoms with Gasteiger partial charge in [0.1, 0.15) is 18.7 Å². The SMILES string of the molecule is COc1ccc(C(C)=O)cc1COC(=O)c1ccc(-n2cnnn2)cc1. The van der Waals surface area contributed by atoms with Crippen LogP contribution in [0.2, 0.25) is 0 Å². The van der Waals surface area contributed by atoms with Crippen LogP contribution in [-0.2, 0) is 11.3 Å². The van der Waals surface area contributed by atoms with E-state index in [-0.39, 0.29) is 12.4 Å². The first kappa shape index (κ1) is 17.3. The lowest BCUT2D eigenvalue weighted by atomic mass is 10.1.